The Bertz CT molecular complexity index is 1150. The van der Waals surface area contributed by atoms with Crippen molar-refractivity contribution in [3.8, 4) is 5.75 Å². The summed E-state index contributed by atoms with van der Waals surface area (Å²) in [6, 6.07) is 18.8. The molecule has 2 amide bonds. The lowest BCUT2D eigenvalue weighted by Crippen LogP contribution is -2.51. The van der Waals surface area contributed by atoms with Gasteiger partial charge in [-0.05, 0) is 52.8 Å². The molecule has 0 saturated carbocycles. The number of fused-ring (bicyclic) bond motifs is 1. The molecule has 0 unspecified atom stereocenters. The van der Waals surface area contributed by atoms with Crippen molar-refractivity contribution in [3.63, 3.8) is 0 Å². The Labute approximate surface area is 177 Å². The monoisotopic (exact) mass is 422 g/mol. The van der Waals surface area contributed by atoms with E-state index >= 15 is 0 Å². The molecule has 29 heavy (non-hydrogen) atoms. The van der Waals surface area contributed by atoms with Crippen LogP contribution in [0.1, 0.15) is 11.1 Å². The van der Waals surface area contributed by atoms with E-state index < -0.39 is 11.8 Å². The summed E-state index contributed by atoms with van der Waals surface area (Å²) in [6.07, 6.45) is 1.53. The minimum atomic E-state index is -0.546. The zero-order valence-corrected chi connectivity index (χ0v) is 16.6. The maximum atomic E-state index is 12.3. The van der Waals surface area contributed by atoms with E-state index in [4.69, 9.17) is 28.6 Å². The van der Waals surface area contributed by atoms with Gasteiger partial charge in [0.05, 0.1) is 0 Å². The molecule has 0 bridgehead atoms. The summed E-state index contributed by atoms with van der Waals surface area (Å²) in [7, 11) is 0. The molecule has 3 aromatic rings. The van der Waals surface area contributed by atoms with Gasteiger partial charge in [-0.2, -0.15) is 0 Å². The van der Waals surface area contributed by atoms with Crippen LogP contribution in [-0.4, -0.2) is 16.9 Å². The molecule has 0 atom stereocenters. The first kappa shape index (κ1) is 19.1. The molecule has 4 rings (SSSR count). The maximum Gasteiger partial charge on any atom is 0.263 e. The Morgan fingerprint density at radius 1 is 0.931 bits per heavy atom. The lowest BCUT2D eigenvalue weighted by Gasteiger charge is -2.18. The highest BCUT2D eigenvalue weighted by Gasteiger charge is 2.26. The van der Waals surface area contributed by atoms with Crippen molar-refractivity contribution in [2.24, 2.45) is 0 Å². The third-order valence-corrected chi connectivity index (χ3v) is 4.93. The lowest BCUT2D eigenvalue weighted by atomic mass is 10.00. The zero-order valence-electron chi connectivity index (χ0n) is 15.1. The average Bonchev–Trinajstić information content (AvgIpc) is 2.70. The van der Waals surface area contributed by atoms with Crippen molar-refractivity contribution in [3.05, 3.63) is 82.4 Å². The van der Waals surface area contributed by atoms with Crippen LogP contribution in [0.2, 0.25) is 5.02 Å². The molecule has 1 aliphatic rings. The average molecular weight is 423 g/mol. The van der Waals surface area contributed by atoms with Crippen LogP contribution >= 0.6 is 23.8 Å². The van der Waals surface area contributed by atoms with Gasteiger partial charge in [-0.3, -0.25) is 20.2 Å². The third-order valence-electron chi connectivity index (χ3n) is 4.47. The molecule has 1 fully saturated rings. The van der Waals surface area contributed by atoms with Crippen LogP contribution in [0.4, 0.5) is 0 Å². The van der Waals surface area contributed by atoms with Gasteiger partial charge in [0.1, 0.15) is 17.9 Å². The van der Waals surface area contributed by atoms with Crippen molar-refractivity contribution in [1.29, 1.82) is 0 Å². The molecule has 5 nitrogen and oxygen atoms in total. The van der Waals surface area contributed by atoms with E-state index in [1.165, 1.54) is 6.08 Å². The van der Waals surface area contributed by atoms with Crippen LogP contribution in [0.5, 0.6) is 5.75 Å². The molecule has 0 aromatic heterocycles. The summed E-state index contributed by atoms with van der Waals surface area (Å²) < 4.78 is 6.03. The molecule has 2 N–H and O–H groups in total. The Morgan fingerprint density at radius 2 is 1.62 bits per heavy atom. The molecule has 0 radical (unpaired) electrons. The van der Waals surface area contributed by atoms with Crippen molar-refractivity contribution in [2.45, 2.75) is 6.61 Å². The van der Waals surface area contributed by atoms with E-state index in [-0.39, 0.29) is 10.7 Å². The number of thiocarbonyl (C=S) groups is 1. The molecule has 3 aromatic carbocycles. The summed E-state index contributed by atoms with van der Waals surface area (Å²) in [6.45, 7) is 0.314. The van der Waals surface area contributed by atoms with Crippen molar-refractivity contribution in [2.75, 3.05) is 0 Å². The number of halogens is 1. The number of carbonyl (C=O) groups excluding carboxylic acids is 2. The van der Waals surface area contributed by atoms with E-state index in [1.54, 1.807) is 12.1 Å². The van der Waals surface area contributed by atoms with Crippen molar-refractivity contribution >= 4 is 57.6 Å². The number of hydrogen-bond donors (Lipinski definition) is 2. The van der Waals surface area contributed by atoms with E-state index in [0.717, 1.165) is 16.3 Å². The summed E-state index contributed by atoms with van der Waals surface area (Å²) in [4.78, 5) is 24.6. The second kappa shape index (κ2) is 8.03. The first-order valence-corrected chi connectivity index (χ1v) is 9.57. The van der Waals surface area contributed by atoms with Crippen LogP contribution in [0.25, 0.3) is 16.8 Å². The Kier molecular flexibility index (Phi) is 5.29. The summed E-state index contributed by atoms with van der Waals surface area (Å²) in [5, 5.41) is 7.37. The van der Waals surface area contributed by atoms with Gasteiger partial charge in [-0.25, -0.2) is 0 Å². The minimum absolute atomic E-state index is 0.00529. The van der Waals surface area contributed by atoms with Crippen LogP contribution in [0, 0.1) is 0 Å². The SMILES string of the molecule is O=C1NC(=S)NC(=O)C1=Cc1c(OCc2ccc(Cl)cc2)ccc2ccccc12. The highest BCUT2D eigenvalue weighted by Crippen LogP contribution is 2.31. The first-order valence-electron chi connectivity index (χ1n) is 8.78. The fraction of sp³-hybridized carbons (Fsp3) is 0.0455. The highest BCUT2D eigenvalue weighted by atomic mass is 35.5. The number of nitrogens with one attached hydrogen (secondary N) is 2. The normalized spacial score (nSPS) is 13.8. The molecule has 1 aliphatic heterocycles. The molecule has 0 aliphatic carbocycles. The molecule has 7 heteroatoms. The Balaban J connectivity index is 1.76. The zero-order chi connectivity index (χ0) is 20.4. The number of benzene rings is 3. The number of ether oxygens (including phenoxy) is 1. The number of carbonyl (C=O) groups is 2. The van der Waals surface area contributed by atoms with E-state index in [2.05, 4.69) is 10.6 Å². The molecule has 1 heterocycles. The fourth-order valence-corrected chi connectivity index (χ4v) is 3.35. The molecular weight excluding hydrogens is 408 g/mol. The van der Waals surface area contributed by atoms with Gasteiger partial charge in [0.2, 0.25) is 0 Å². The first-order chi connectivity index (χ1) is 14.0. The van der Waals surface area contributed by atoms with Crippen LogP contribution < -0.4 is 15.4 Å². The fourth-order valence-electron chi connectivity index (χ4n) is 3.04. The number of amides is 2. The van der Waals surface area contributed by atoms with Crippen LogP contribution in [-0.2, 0) is 16.2 Å². The van der Waals surface area contributed by atoms with Gasteiger partial charge in [0.25, 0.3) is 11.8 Å². The van der Waals surface area contributed by atoms with E-state index in [1.807, 2.05) is 48.5 Å². The summed E-state index contributed by atoms with van der Waals surface area (Å²) in [5.41, 5.74) is 1.55. The maximum absolute atomic E-state index is 12.3. The molecular formula is C22H15ClN2O3S. The Morgan fingerprint density at radius 3 is 2.34 bits per heavy atom. The van der Waals surface area contributed by atoms with E-state index in [0.29, 0.717) is 22.9 Å². The predicted octanol–water partition coefficient (Wildman–Crippen LogP) is 3.99. The topological polar surface area (TPSA) is 67.4 Å². The van der Waals surface area contributed by atoms with Crippen LogP contribution in [0.15, 0.2) is 66.2 Å². The second-order valence-corrected chi connectivity index (χ2v) is 7.25. The molecule has 1 saturated heterocycles. The van der Waals surface area contributed by atoms with Gasteiger partial charge in [-0.1, -0.05) is 54.1 Å². The third kappa shape index (κ3) is 4.13. The van der Waals surface area contributed by atoms with Gasteiger partial charge >= 0.3 is 0 Å². The summed E-state index contributed by atoms with van der Waals surface area (Å²) >= 11 is 10.8. The smallest absolute Gasteiger partial charge is 0.263 e. The summed E-state index contributed by atoms with van der Waals surface area (Å²) in [5.74, 6) is -0.537. The van der Waals surface area contributed by atoms with Gasteiger partial charge in [0.15, 0.2) is 5.11 Å². The molecule has 0 spiro atoms. The van der Waals surface area contributed by atoms with Crippen molar-refractivity contribution in [1.82, 2.24) is 10.6 Å². The van der Waals surface area contributed by atoms with Gasteiger partial charge in [-0.15, -0.1) is 0 Å². The standard InChI is InChI=1S/C22H15ClN2O3S/c23-15-8-5-13(6-9-15)12-28-19-10-7-14-3-1-2-4-16(14)17(19)11-18-20(26)24-22(29)25-21(18)27/h1-11H,12H2,(H2,24,25,26,27,29). The minimum Gasteiger partial charge on any atom is -0.488 e. The van der Waals surface area contributed by atoms with Gasteiger partial charge in [0, 0.05) is 10.6 Å². The predicted molar refractivity (Wildman–Crippen MR) is 117 cm³/mol. The number of rotatable bonds is 4. The lowest BCUT2D eigenvalue weighted by molar-refractivity contribution is -0.123. The second-order valence-electron chi connectivity index (χ2n) is 6.41. The number of hydrogen-bond acceptors (Lipinski definition) is 4. The van der Waals surface area contributed by atoms with Crippen molar-refractivity contribution < 1.29 is 14.3 Å². The van der Waals surface area contributed by atoms with E-state index in [9.17, 15) is 9.59 Å². The quantitative estimate of drug-likeness (QED) is 0.379. The largest absolute Gasteiger partial charge is 0.488 e. The van der Waals surface area contributed by atoms with Gasteiger partial charge < -0.3 is 4.74 Å². The molecule has 144 valence electrons. The Hall–Kier alpha value is -3.22. The highest BCUT2D eigenvalue weighted by molar-refractivity contribution is 7.80. The van der Waals surface area contributed by atoms with Crippen LogP contribution in [0.3, 0.4) is 0 Å².